The van der Waals surface area contributed by atoms with Gasteiger partial charge < -0.3 is 20.8 Å². The molecule has 0 spiro atoms. The molecule has 2 unspecified atom stereocenters. The highest BCUT2D eigenvalue weighted by molar-refractivity contribution is 5.82. The number of amides is 1. The van der Waals surface area contributed by atoms with Crippen LogP contribution in [0.1, 0.15) is 44.9 Å². The molecule has 0 saturated carbocycles. The van der Waals surface area contributed by atoms with E-state index in [4.69, 9.17) is 15.9 Å². The van der Waals surface area contributed by atoms with E-state index in [2.05, 4.69) is 0 Å². The summed E-state index contributed by atoms with van der Waals surface area (Å²) in [7, 11) is 0. The van der Waals surface area contributed by atoms with Gasteiger partial charge in [-0.3, -0.25) is 14.4 Å². The minimum atomic E-state index is -0.977. The summed E-state index contributed by atoms with van der Waals surface area (Å²) in [5, 5.41) is 17.3. The maximum atomic E-state index is 12.2. The molecule has 1 amide bonds. The molecule has 0 bridgehead atoms. The van der Waals surface area contributed by atoms with E-state index in [1.54, 1.807) is 4.90 Å². The van der Waals surface area contributed by atoms with Crippen molar-refractivity contribution in [3.05, 3.63) is 0 Å². The standard InChI is InChI=1S/C13H22N2O5/c14-10(5-7-12(18)19)13(20)15-8-2-1-3-9(15)4-6-11(16)17/h9-10H,1-8,14H2,(H,16,17)(H,18,19). The average molecular weight is 286 g/mol. The third-order valence-corrected chi connectivity index (χ3v) is 3.59. The van der Waals surface area contributed by atoms with Gasteiger partial charge in [0.05, 0.1) is 6.04 Å². The van der Waals surface area contributed by atoms with Gasteiger partial charge >= 0.3 is 11.9 Å². The normalized spacial score (nSPS) is 20.4. The van der Waals surface area contributed by atoms with Crippen LogP contribution >= 0.6 is 0 Å². The van der Waals surface area contributed by atoms with Crippen LogP contribution in [0.4, 0.5) is 0 Å². The molecule has 1 aliphatic rings. The molecule has 1 rings (SSSR count). The van der Waals surface area contributed by atoms with Gasteiger partial charge in [0, 0.05) is 25.4 Å². The lowest BCUT2D eigenvalue weighted by Crippen LogP contribution is -2.51. The van der Waals surface area contributed by atoms with Crippen LogP contribution in [-0.2, 0) is 14.4 Å². The van der Waals surface area contributed by atoms with Crippen LogP contribution in [0.3, 0.4) is 0 Å². The van der Waals surface area contributed by atoms with E-state index in [1.165, 1.54) is 0 Å². The van der Waals surface area contributed by atoms with Crippen molar-refractivity contribution in [3.63, 3.8) is 0 Å². The monoisotopic (exact) mass is 286 g/mol. The fraction of sp³-hybridized carbons (Fsp3) is 0.769. The maximum absolute atomic E-state index is 12.2. The van der Waals surface area contributed by atoms with E-state index in [0.29, 0.717) is 13.0 Å². The fourth-order valence-corrected chi connectivity index (χ4v) is 2.50. The molecule has 7 nitrogen and oxygen atoms in total. The van der Waals surface area contributed by atoms with Gasteiger partial charge in [0.15, 0.2) is 0 Å². The Hall–Kier alpha value is -1.63. The molecule has 0 aliphatic carbocycles. The first-order valence-corrected chi connectivity index (χ1v) is 6.91. The summed E-state index contributed by atoms with van der Waals surface area (Å²) in [6.07, 6.45) is 3.05. The molecule has 4 N–H and O–H groups in total. The highest BCUT2D eigenvalue weighted by atomic mass is 16.4. The lowest BCUT2D eigenvalue weighted by Gasteiger charge is -2.37. The summed E-state index contributed by atoms with van der Waals surface area (Å²) in [5.74, 6) is -2.12. The summed E-state index contributed by atoms with van der Waals surface area (Å²) in [6, 6.07) is -0.917. The highest BCUT2D eigenvalue weighted by Crippen LogP contribution is 2.22. The van der Waals surface area contributed by atoms with E-state index in [9.17, 15) is 14.4 Å². The number of carbonyl (C=O) groups excluding carboxylic acids is 1. The molecule has 2 atom stereocenters. The predicted molar refractivity (Wildman–Crippen MR) is 71.1 cm³/mol. The Labute approximate surface area is 117 Å². The molecular formula is C13H22N2O5. The summed E-state index contributed by atoms with van der Waals surface area (Å²) in [6.45, 7) is 0.573. The number of carbonyl (C=O) groups is 3. The molecule has 114 valence electrons. The summed E-state index contributed by atoms with van der Waals surface area (Å²) < 4.78 is 0. The second-order valence-corrected chi connectivity index (χ2v) is 5.15. The zero-order chi connectivity index (χ0) is 15.1. The Morgan fingerprint density at radius 2 is 1.80 bits per heavy atom. The van der Waals surface area contributed by atoms with Gasteiger partial charge in [-0.05, 0) is 32.1 Å². The number of aliphatic carboxylic acids is 2. The molecule has 0 radical (unpaired) electrons. The fourth-order valence-electron chi connectivity index (χ4n) is 2.50. The SMILES string of the molecule is NC(CCC(=O)O)C(=O)N1CCCCC1CCC(=O)O. The van der Waals surface area contributed by atoms with Gasteiger partial charge in [-0.15, -0.1) is 0 Å². The first kappa shape index (κ1) is 16.4. The lowest BCUT2D eigenvalue weighted by molar-refractivity contribution is -0.141. The van der Waals surface area contributed by atoms with Gasteiger partial charge in [-0.2, -0.15) is 0 Å². The van der Waals surface area contributed by atoms with Gasteiger partial charge in [-0.1, -0.05) is 0 Å². The largest absolute Gasteiger partial charge is 0.481 e. The molecule has 1 aliphatic heterocycles. The first-order valence-electron chi connectivity index (χ1n) is 6.91. The topological polar surface area (TPSA) is 121 Å². The van der Waals surface area contributed by atoms with Crippen LogP contribution in [-0.4, -0.2) is 51.6 Å². The summed E-state index contributed by atoms with van der Waals surface area (Å²) in [4.78, 5) is 35.0. The van der Waals surface area contributed by atoms with E-state index >= 15 is 0 Å². The maximum Gasteiger partial charge on any atom is 0.303 e. The van der Waals surface area contributed by atoms with Crippen molar-refractivity contribution in [1.82, 2.24) is 4.90 Å². The number of nitrogens with two attached hydrogens (primary N) is 1. The Bertz CT molecular complexity index is 372. The predicted octanol–water partition coefficient (Wildman–Crippen LogP) is 0.424. The minimum Gasteiger partial charge on any atom is -0.481 e. The van der Waals surface area contributed by atoms with Crippen molar-refractivity contribution in [2.75, 3.05) is 6.54 Å². The van der Waals surface area contributed by atoms with E-state index in [-0.39, 0.29) is 31.2 Å². The summed E-state index contributed by atoms with van der Waals surface area (Å²) >= 11 is 0. The number of nitrogens with zero attached hydrogens (tertiary/aromatic N) is 1. The Morgan fingerprint density at radius 1 is 1.15 bits per heavy atom. The van der Waals surface area contributed by atoms with Crippen LogP contribution in [0.15, 0.2) is 0 Å². The van der Waals surface area contributed by atoms with E-state index in [1.807, 2.05) is 0 Å². The Balaban J connectivity index is 2.56. The van der Waals surface area contributed by atoms with Crippen molar-refractivity contribution >= 4 is 17.8 Å². The zero-order valence-electron chi connectivity index (χ0n) is 11.5. The zero-order valence-corrected chi connectivity index (χ0v) is 11.5. The number of rotatable bonds is 7. The number of carboxylic acid groups (broad SMARTS) is 2. The van der Waals surface area contributed by atoms with Crippen LogP contribution in [0.5, 0.6) is 0 Å². The smallest absolute Gasteiger partial charge is 0.303 e. The molecule has 0 aromatic rings. The van der Waals surface area contributed by atoms with E-state index < -0.39 is 18.0 Å². The molecule has 0 aromatic carbocycles. The van der Waals surface area contributed by atoms with Crippen LogP contribution in [0, 0.1) is 0 Å². The Morgan fingerprint density at radius 3 is 2.40 bits per heavy atom. The molecule has 0 aromatic heterocycles. The van der Waals surface area contributed by atoms with Crippen molar-refractivity contribution in [2.24, 2.45) is 5.73 Å². The quantitative estimate of drug-likeness (QED) is 0.624. The van der Waals surface area contributed by atoms with Gasteiger partial charge in [0.2, 0.25) is 5.91 Å². The molecule has 20 heavy (non-hydrogen) atoms. The van der Waals surface area contributed by atoms with Crippen molar-refractivity contribution < 1.29 is 24.6 Å². The molecular weight excluding hydrogens is 264 g/mol. The second-order valence-electron chi connectivity index (χ2n) is 5.15. The molecule has 1 heterocycles. The first-order chi connectivity index (χ1) is 9.41. The van der Waals surface area contributed by atoms with Crippen molar-refractivity contribution in [1.29, 1.82) is 0 Å². The van der Waals surface area contributed by atoms with E-state index in [0.717, 1.165) is 19.3 Å². The number of piperidine rings is 1. The summed E-state index contributed by atoms with van der Waals surface area (Å²) in [5.41, 5.74) is 5.74. The second kappa shape index (κ2) is 7.84. The van der Waals surface area contributed by atoms with Crippen LogP contribution in [0.2, 0.25) is 0 Å². The minimum absolute atomic E-state index is 0.0266. The van der Waals surface area contributed by atoms with Gasteiger partial charge in [-0.25, -0.2) is 0 Å². The number of carboxylic acids is 2. The third kappa shape index (κ3) is 5.16. The van der Waals surface area contributed by atoms with Gasteiger partial charge in [0.25, 0.3) is 0 Å². The van der Waals surface area contributed by atoms with Crippen LogP contribution in [0.25, 0.3) is 0 Å². The highest BCUT2D eigenvalue weighted by Gasteiger charge is 2.30. The Kier molecular flexibility index (Phi) is 6.44. The lowest BCUT2D eigenvalue weighted by atomic mass is 9.96. The van der Waals surface area contributed by atoms with Crippen molar-refractivity contribution in [2.45, 2.75) is 57.0 Å². The number of hydrogen-bond donors (Lipinski definition) is 3. The molecule has 1 saturated heterocycles. The van der Waals surface area contributed by atoms with Crippen molar-refractivity contribution in [3.8, 4) is 0 Å². The third-order valence-electron chi connectivity index (χ3n) is 3.59. The number of hydrogen-bond acceptors (Lipinski definition) is 4. The number of likely N-dealkylation sites (tertiary alicyclic amines) is 1. The average Bonchev–Trinajstić information content (AvgIpc) is 2.41. The van der Waals surface area contributed by atoms with Crippen LogP contribution < -0.4 is 5.73 Å². The molecule has 1 fully saturated rings. The van der Waals surface area contributed by atoms with Gasteiger partial charge in [0.1, 0.15) is 0 Å². The molecule has 7 heteroatoms.